The number of β-amino-alcohol motifs (C(OH)–C–C–N with tert-alkyl or cyclic N) is 1. The van der Waals surface area contributed by atoms with E-state index in [1.54, 1.807) is 0 Å². The lowest BCUT2D eigenvalue weighted by Gasteiger charge is -2.34. The molecule has 0 saturated carbocycles. The van der Waals surface area contributed by atoms with Crippen LogP contribution >= 0.6 is 0 Å². The zero-order valence-corrected chi connectivity index (χ0v) is 8.16. The Morgan fingerprint density at radius 1 is 1.33 bits per heavy atom. The van der Waals surface area contributed by atoms with Gasteiger partial charge in [0.05, 0.1) is 6.61 Å². The molecule has 3 nitrogen and oxygen atoms in total. The molecule has 12 heavy (non-hydrogen) atoms. The lowest BCUT2D eigenvalue weighted by atomic mass is 10.0. The van der Waals surface area contributed by atoms with E-state index in [0.29, 0.717) is 6.61 Å². The number of likely N-dealkylation sites (tertiary alicyclic amines) is 1. The van der Waals surface area contributed by atoms with Gasteiger partial charge in [0.15, 0.2) is 0 Å². The Balaban J connectivity index is 2.20. The quantitative estimate of drug-likeness (QED) is 0.649. The molecule has 0 aromatic heterocycles. The Bertz CT molecular complexity index is 120. The smallest absolute Gasteiger partial charge is 0.0558 e. The third-order valence-corrected chi connectivity index (χ3v) is 2.70. The van der Waals surface area contributed by atoms with Crippen LogP contribution in [0.15, 0.2) is 0 Å². The van der Waals surface area contributed by atoms with Crippen LogP contribution in [0.4, 0.5) is 0 Å². The molecule has 1 N–H and O–H groups in total. The summed E-state index contributed by atoms with van der Waals surface area (Å²) in [6.45, 7) is 3.43. The molecule has 1 fully saturated rings. The van der Waals surface area contributed by atoms with Gasteiger partial charge in [-0.3, -0.25) is 0 Å². The predicted molar refractivity (Wildman–Crippen MR) is 50.2 cm³/mol. The molecule has 0 unspecified atom stereocenters. The Morgan fingerprint density at radius 3 is 2.33 bits per heavy atom. The van der Waals surface area contributed by atoms with Crippen molar-refractivity contribution in [3.63, 3.8) is 0 Å². The summed E-state index contributed by atoms with van der Waals surface area (Å²) in [4.78, 5) is 4.64. The van der Waals surface area contributed by atoms with E-state index in [4.69, 9.17) is 5.11 Å². The second-order valence-electron chi connectivity index (χ2n) is 3.76. The van der Waals surface area contributed by atoms with Gasteiger partial charge in [-0.1, -0.05) is 0 Å². The van der Waals surface area contributed by atoms with E-state index >= 15 is 0 Å². The summed E-state index contributed by atoms with van der Waals surface area (Å²) >= 11 is 0. The van der Waals surface area contributed by atoms with Crippen LogP contribution in [0.25, 0.3) is 0 Å². The maximum atomic E-state index is 8.74. The second-order valence-corrected chi connectivity index (χ2v) is 3.76. The van der Waals surface area contributed by atoms with Gasteiger partial charge in [-0.25, -0.2) is 0 Å². The van der Waals surface area contributed by atoms with Gasteiger partial charge < -0.3 is 14.9 Å². The van der Waals surface area contributed by atoms with Crippen molar-refractivity contribution in [1.82, 2.24) is 9.80 Å². The average Bonchev–Trinajstić information content (AvgIpc) is 2.06. The zero-order valence-electron chi connectivity index (χ0n) is 8.16. The van der Waals surface area contributed by atoms with Gasteiger partial charge in [0.1, 0.15) is 0 Å². The number of piperidine rings is 1. The van der Waals surface area contributed by atoms with E-state index in [-0.39, 0.29) is 0 Å². The van der Waals surface area contributed by atoms with Crippen LogP contribution in [-0.4, -0.2) is 61.3 Å². The van der Waals surface area contributed by atoms with Gasteiger partial charge in [0.25, 0.3) is 0 Å². The van der Waals surface area contributed by atoms with Crippen molar-refractivity contribution in [3.8, 4) is 0 Å². The molecular weight excluding hydrogens is 152 g/mol. The summed E-state index contributed by atoms with van der Waals surface area (Å²) in [6, 6.07) is 0.750. The van der Waals surface area contributed by atoms with Crippen molar-refractivity contribution in [2.24, 2.45) is 0 Å². The molecule has 0 amide bonds. The molecule has 0 aliphatic carbocycles. The molecule has 3 heteroatoms. The third kappa shape index (κ3) is 2.73. The zero-order chi connectivity index (χ0) is 8.97. The molecule has 1 rings (SSSR count). The number of hydrogen-bond acceptors (Lipinski definition) is 3. The molecule has 1 saturated heterocycles. The van der Waals surface area contributed by atoms with Gasteiger partial charge in [0.2, 0.25) is 0 Å². The van der Waals surface area contributed by atoms with Crippen LogP contribution in [0.1, 0.15) is 12.8 Å². The molecule has 0 bridgehead atoms. The number of nitrogens with zero attached hydrogens (tertiary/aromatic N) is 2. The van der Waals surface area contributed by atoms with E-state index in [1.807, 2.05) is 0 Å². The van der Waals surface area contributed by atoms with Crippen LogP contribution in [0.3, 0.4) is 0 Å². The summed E-state index contributed by atoms with van der Waals surface area (Å²) in [5.41, 5.74) is 0. The molecule has 0 aromatic rings. The molecule has 1 heterocycles. The molecular formula is C9H20N2O. The lowest BCUT2D eigenvalue weighted by molar-refractivity contribution is 0.124. The lowest BCUT2D eigenvalue weighted by Crippen LogP contribution is -2.42. The molecule has 0 aromatic carbocycles. The summed E-state index contributed by atoms with van der Waals surface area (Å²) in [6.07, 6.45) is 2.49. The fourth-order valence-electron chi connectivity index (χ4n) is 1.80. The number of aliphatic hydroxyl groups excluding tert-OH is 1. The van der Waals surface area contributed by atoms with Crippen molar-refractivity contribution < 1.29 is 5.11 Å². The molecule has 0 spiro atoms. The predicted octanol–water partition coefficient (Wildman–Crippen LogP) is 0.00470. The summed E-state index contributed by atoms with van der Waals surface area (Å²) in [7, 11) is 4.29. The molecule has 0 atom stereocenters. The normalized spacial score (nSPS) is 22.0. The minimum absolute atomic E-state index is 0.298. The standard InChI is InChI=1S/C9H20N2O/c1-10(2)9-3-5-11(6-4-9)7-8-12/h9,12H,3-8H2,1-2H3. The minimum Gasteiger partial charge on any atom is -0.395 e. The SMILES string of the molecule is CN(C)C1CCN(CCO)CC1. The highest BCUT2D eigenvalue weighted by Crippen LogP contribution is 2.13. The van der Waals surface area contributed by atoms with Crippen molar-refractivity contribution >= 4 is 0 Å². The largest absolute Gasteiger partial charge is 0.395 e. The number of hydrogen-bond donors (Lipinski definition) is 1. The maximum Gasteiger partial charge on any atom is 0.0558 e. The Hall–Kier alpha value is -0.120. The van der Waals surface area contributed by atoms with Crippen molar-refractivity contribution in [3.05, 3.63) is 0 Å². The highest BCUT2D eigenvalue weighted by molar-refractivity contribution is 4.76. The van der Waals surface area contributed by atoms with E-state index in [2.05, 4.69) is 23.9 Å². The minimum atomic E-state index is 0.298. The highest BCUT2D eigenvalue weighted by atomic mass is 16.3. The van der Waals surface area contributed by atoms with Gasteiger partial charge >= 0.3 is 0 Å². The van der Waals surface area contributed by atoms with Gasteiger partial charge in [-0.05, 0) is 40.0 Å². The van der Waals surface area contributed by atoms with Gasteiger partial charge in [0, 0.05) is 12.6 Å². The number of rotatable bonds is 3. The van der Waals surface area contributed by atoms with Gasteiger partial charge in [-0.15, -0.1) is 0 Å². The Kier molecular flexibility index (Phi) is 3.98. The van der Waals surface area contributed by atoms with Crippen LogP contribution in [0.5, 0.6) is 0 Å². The fourth-order valence-corrected chi connectivity index (χ4v) is 1.80. The molecule has 1 aliphatic rings. The Morgan fingerprint density at radius 2 is 1.92 bits per heavy atom. The van der Waals surface area contributed by atoms with Crippen LogP contribution in [-0.2, 0) is 0 Å². The van der Waals surface area contributed by atoms with E-state index < -0.39 is 0 Å². The summed E-state index contributed by atoms with van der Waals surface area (Å²) < 4.78 is 0. The molecule has 72 valence electrons. The third-order valence-electron chi connectivity index (χ3n) is 2.70. The van der Waals surface area contributed by atoms with Crippen molar-refractivity contribution in [2.75, 3.05) is 40.3 Å². The van der Waals surface area contributed by atoms with Crippen molar-refractivity contribution in [2.45, 2.75) is 18.9 Å². The van der Waals surface area contributed by atoms with Crippen LogP contribution in [0.2, 0.25) is 0 Å². The van der Waals surface area contributed by atoms with E-state index in [9.17, 15) is 0 Å². The Labute approximate surface area is 75.0 Å². The molecule has 1 aliphatic heterocycles. The number of aliphatic hydroxyl groups is 1. The first-order valence-electron chi connectivity index (χ1n) is 4.73. The molecule has 0 radical (unpaired) electrons. The van der Waals surface area contributed by atoms with Crippen LogP contribution in [0, 0.1) is 0 Å². The van der Waals surface area contributed by atoms with Crippen LogP contribution < -0.4 is 0 Å². The first kappa shape index (κ1) is 9.96. The maximum absolute atomic E-state index is 8.74. The first-order valence-corrected chi connectivity index (χ1v) is 4.73. The summed E-state index contributed by atoms with van der Waals surface area (Å²) in [5.74, 6) is 0. The fraction of sp³-hybridized carbons (Fsp3) is 1.00. The van der Waals surface area contributed by atoms with Gasteiger partial charge in [-0.2, -0.15) is 0 Å². The first-order chi connectivity index (χ1) is 5.74. The monoisotopic (exact) mass is 172 g/mol. The van der Waals surface area contributed by atoms with E-state index in [1.165, 1.54) is 12.8 Å². The average molecular weight is 172 g/mol. The highest BCUT2D eigenvalue weighted by Gasteiger charge is 2.19. The van der Waals surface area contributed by atoms with E-state index in [0.717, 1.165) is 25.7 Å². The second kappa shape index (κ2) is 4.80. The topological polar surface area (TPSA) is 26.7 Å². The summed E-state index contributed by atoms with van der Waals surface area (Å²) in [5, 5.41) is 8.74. The van der Waals surface area contributed by atoms with Crippen molar-refractivity contribution in [1.29, 1.82) is 0 Å².